The van der Waals surface area contributed by atoms with Gasteiger partial charge in [-0.25, -0.2) is 4.79 Å². The summed E-state index contributed by atoms with van der Waals surface area (Å²) in [5.74, 6) is 0.457. The molecule has 0 aromatic heterocycles. The maximum atomic E-state index is 12.1. The van der Waals surface area contributed by atoms with Gasteiger partial charge in [0.15, 0.2) is 0 Å². The Morgan fingerprint density at radius 3 is 2.96 bits per heavy atom. The SMILES string of the molecule is CCOC(=O)c1ccc2c(c1)C1C=CCC1C(c1cccc(Cl)c1)N2. The smallest absolute Gasteiger partial charge is 0.338 e. The van der Waals surface area contributed by atoms with E-state index in [-0.39, 0.29) is 12.0 Å². The molecule has 2 aliphatic rings. The summed E-state index contributed by atoms with van der Waals surface area (Å²) >= 11 is 6.20. The minimum atomic E-state index is -0.263. The lowest BCUT2D eigenvalue weighted by molar-refractivity contribution is 0.0526. The number of fused-ring (bicyclic) bond motifs is 3. The van der Waals surface area contributed by atoms with Crippen molar-refractivity contribution in [3.63, 3.8) is 0 Å². The number of halogens is 1. The fourth-order valence-electron chi connectivity index (χ4n) is 3.97. The molecule has 3 nitrogen and oxygen atoms in total. The molecule has 3 atom stereocenters. The van der Waals surface area contributed by atoms with E-state index in [0.29, 0.717) is 24.0 Å². The molecule has 0 amide bonds. The molecule has 25 heavy (non-hydrogen) atoms. The van der Waals surface area contributed by atoms with Crippen LogP contribution < -0.4 is 5.32 Å². The van der Waals surface area contributed by atoms with Crippen LogP contribution in [0.4, 0.5) is 5.69 Å². The number of ether oxygens (including phenoxy) is 1. The number of nitrogens with one attached hydrogen (secondary N) is 1. The molecule has 0 bridgehead atoms. The highest BCUT2D eigenvalue weighted by Gasteiger charge is 2.38. The van der Waals surface area contributed by atoms with Crippen molar-refractivity contribution in [3.05, 3.63) is 76.3 Å². The quantitative estimate of drug-likeness (QED) is 0.597. The highest BCUT2D eigenvalue weighted by molar-refractivity contribution is 6.30. The lowest BCUT2D eigenvalue weighted by atomic mass is 9.76. The Morgan fingerprint density at radius 2 is 2.16 bits per heavy atom. The number of carbonyl (C=O) groups is 1. The van der Waals surface area contributed by atoms with Crippen LogP contribution in [0.5, 0.6) is 0 Å². The van der Waals surface area contributed by atoms with Crippen molar-refractivity contribution in [2.75, 3.05) is 11.9 Å². The molecular formula is C21H20ClNO2. The summed E-state index contributed by atoms with van der Waals surface area (Å²) in [6, 6.07) is 14.1. The summed E-state index contributed by atoms with van der Waals surface area (Å²) in [5.41, 5.74) is 4.06. The van der Waals surface area contributed by atoms with Crippen LogP contribution in [0.2, 0.25) is 5.02 Å². The highest BCUT2D eigenvalue weighted by Crippen LogP contribution is 2.50. The summed E-state index contributed by atoms with van der Waals surface area (Å²) in [5, 5.41) is 4.41. The Labute approximate surface area is 152 Å². The van der Waals surface area contributed by atoms with Gasteiger partial charge < -0.3 is 10.1 Å². The molecule has 4 rings (SSSR count). The molecule has 2 aromatic carbocycles. The normalized spacial score (nSPS) is 23.5. The van der Waals surface area contributed by atoms with Gasteiger partial charge in [0.2, 0.25) is 0 Å². The first-order chi connectivity index (χ1) is 12.2. The lowest BCUT2D eigenvalue weighted by Crippen LogP contribution is -2.29. The summed E-state index contributed by atoms with van der Waals surface area (Å²) < 4.78 is 5.14. The predicted molar refractivity (Wildman–Crippen MR) is 100 cm³/mol. The molecule has 2 aromatic rings. The average Bonchev–Trinajstić information content (AvgIpc) is 3.11. The van der Waals surface area contributed by atoms with Gasteiger partial charge in [0.25, 0.3) is 0 Å². The van der Waals surface area contributed by atoms with E-state index in [0.717, 1.165) is 17.1 Å². The number of anilines is 1. The van der Waals surface area contributed by atoms with E-state index >= 15 is 0 Å². The monoisotopic (exact) mass is 353 g/mol. The Balaban J connectivity index is 1.72. The number of hydrogen-bond acceptors (Lipinski definition) is 3. The van der Waals surface area contributed by atoms with Crippen LogP contribution in [0.3, 0.4) is 0 Å². The third-order valence-electron chi connectivity index (χ3n) is 5.08. The van der Waals surface area contributed by atoms with Crippen molar-refractivity contribution in [1.82, 2.24) is 0 Å². The molecule has 0 saturated heterocycles. The first kappa shape index (κ1) is 16.2. The van der Waals surface area contributed by atoms with Crippen LogP contribution in [0.15, 0.2) is 54.6 Å². The number of benzene rings is 2. The van der Waals surface area contributed by atoms with Crippen LogP contribution in [-0.2, 0) is 4.74 Å². The molecule has 1 aliphatic carbocycles. The van der Waals surface area contributed by atoms with Gasteiger partial charge in [0.1, 0.15) is 0 Å². The predicted octanol–water partition coefficient (Wildman–Crippen LogP) is 5.34. The molecule has 3 unspecified atom stereocenters. The average molecular weight is 354 g/mol. The maximum Gasteiger partial charge on any atom is 0.338 e. The number of allylic oxidation sites excluding steroid dienone is 2. The number of esters is 1. The zero-order chi connectivity index (χ0) is 17.4. The molecule has 0 saturated carbocycles. The van der Waals surface area contributed by atoms with E-state index in [9.17, 15) is 4.79 Å². The number of hydrogen-bond donors (Lipinski definition) is 1. The van der Waals surface area contributed by atoms with Crippen molar-refractivity contribution < 1.29 is 9.53 Å². The minimum Gasteiger partial charge on any atom is -0.462 e. The summed E-state index contributed by atoms with van der Waals surface area (Å²) in [6.07, 6.45) is 5.51. The second kappa shape index (κ2) is 6.57. The van der Waals surface area contributed by atoms with E-state index in [1.807, 2.05) is 43.3 Å². The zero-order valence-corrected chi connectivity index (χ0v) is 14.8. The Bertz CT molecular complexity index is 846. The van der Waals surface area contributed by atoms with Crippen LogP contribution in [0.1, 0.15) is 46.8 Å². The second-order valence-electron chi connectivity index (χ2n) is 6.55. The van der Waals surface area contributed by atoms with Crippen molar-refractivity contribution in [1.29, 1.82) is 0 Å². The van der Waals surface area contributed by atoms with Crippen molar-refractivity contribution in [2.24, 2.45) is 5.92 Å². The van der Waals surface area contributed by atoms with Gasteiger partial charge in [-0.05, 0) is 60.7 Å². The Kier molecular flexibility index (Phi) is 4.26. The van der Waals surface area contributed by atoms with Crippen LogP contribution in [-0.4, -0.2) is 12.6 Å². The maximum absolute atomic E-state index is 12.1. The standard InChI is InChI=1S/C21H20ClNO2/c1-2-25-21(24)14-9-10-19-18(12-14)16-7-4-8-17(16)20(23-19)13-5-3-6-15(22)11-13/h3-7,9-12,16-17,20,23H,2,8H2,1H3. The van der Waals surface area contributed by atoms with Gasteiger partial charge in [0, 0.05) is 16.6 Å². The molecule has 128 valence electrons. The van der Waals surface area contributed by atoms with Gasteiger partial charge >= 0.3 is 5.97 Å². The van der Waals surface area contributed by atoms with E-state index in [4.69, 9.17) is 16.3 Å². The molecule has 0 spiro atoms. The van der Waals surface area contributed by atoms with Crippen LogP contribution >= 0.6 is 11.6 Å². The van der Waals surface area contributed by atoms with Crippen LogP contribution in [0, 0.1) is 5.92 Å². The first-order valence-electron chi connectivity index (χ1n) is 8.67. The van der Waals surface area contributed by atoms with E-state index < -0.39 is 0 Å². The second-order valence-corrected chi connectivity index (χ2v) is 6.99. The summed E-state index contributed by atoms with van der Waals surface area (Å²) in [4.78, 5) is 12.1. The molecule has 4 heteroatoms. The first-order valence-corrected chi connectivity index (χ1v) is 9.05. The zero-order valence-electron chi connectivity index (χ0n) is 14.0. The number of rotatable bonds is 3. The molecule has 1 heterocycles. The van der Waals surface area contributed by atoms with Gasteiger partial charge in [-0.3, -0.25) is 0 Å². The fourth-order valence-corrected chi connectivity index (χ4v) is 4.16. The minimum absolute atomic E-state index is 0.208. The number of carbonyl (C=O) groups excluding carboxylic acids is 1. The Morgan fingerprint density at radius 1 is 1.28 bits per heavy atom. The van der Waals surface area contributed by atoms with Crippen molar-refractivity contribution in [2.45, 2.75) is 25.3 Å². The molecule has 0 fully saturated rings. The summed E-state index contributed by atoms with van der Waals surface area (Å²) in [6.45, 7) is 2.21. The molecular weight excluding hydrogens is 334 g/mol. The molecule has 1 N–H and O–H groups in total. The van der Waals surface area contributed by atoms with Crippen molar-refractivity contribution in [3.8, 4) is 0 Å². The van der Waals surface area contributed by atoms with Gasteiger partial charge in [-0.1, -0.05) is 35.9 Å². The van der Waals surface area contributed by atoms with Crippen molar-refractivity contribution >= 4 is 23.3 Å². The summed E-state index contributed by atoms with van der Waals surface area (Å²) in [7, 11) is 0. The lowest BCUT2D eigenvalue weighted by Gasteiger charge is -2.37. The van der Waals surface area contributed by atoms with E-state index in [1.54, 1.807) is 0 Å². The largest absolute Gasteiger partial charge is 0.462 e. The third kappa shape index (κ3) is 2.93. The Hall–Kier alpha value is -2.26. The fraction of sp³-hybridized carbons (Fsp3) is 0.286. The van der Waals surface area contributed by atoms with Crippen LogP contribution in [0.25, 0.3) is 0 Å². The molecule has 1 aliphatic heterocycles. The van der Waals surface area contributed by atoms with E-state index in [2.05, 4.69) is 23.5 Å². The van der Waals surface area contributed by atoms with Gasteiger partial charge in [-0.2, -0.15) is 0 Å². The van der Waals surface area contributed by atoms with Gasteiger partial charge in [0.05, 0.1) is 18.2 Å². The van der Waals surface area contributed by atoms with Gasteiger partial charge in [-0.15, -0.1) is 0 Å². The molecule has 0 radical (unpaired) electrons. The third-order valence-corrected chi connectivity index (χ3v) is 5.32. The highest BCUT2D eigenvalue weighted by atomic mass is 35.5. The van der Waals surface area contributed by atoms with E-state index in [1.165, 1.54) is 11.1 Å². The topological polar surface area (TPSA) is 38.3 Å².